The van der Waals surface area contributed by atoms with Crippen molar-refractivity contribution in [1.82, 2.24) is 14.9 Å². The summed E-state index contributed by atoms with van der Waals surface area (Å²) in [5.74, 6) is -1.47. The highest BCUT2D eigenvalue weighted by Gasteiger charge is 2.33. The number of carbonyl (C=O) groups excluding carboxylic acids is 2. The number of carbonyl (C=O) groups is 2. The van der Waals surface area contributed by atoms with Gasteiger partial charge in [0.25, 0.3) is 0 Å². The molecule has 1 atom stereocenters. The van der Waals surface area contributed by atoms with Crippen LogP contribution >= 0.6 is 11.6 Å². The smallest absolute Gasteiger partial charge is 0.309 e. The van der Waals surface area contributed by atoms with Gasteiger partial charge in [0.15, 0.2) is 0 Å². The van der Waals surface area contributed by atoms with Gasteiger partial charge in [0.05, 0.1) is 11.5 Å². The first-order chi connectivity index (χ1) is 13.4. The Morgan fingerprint density at radius 1 is 1.14 bits per heavy atom. The van der Waals surface area contributed by atoms with Crippen LogP contribution < -0.4 is 10.6 Å². The van der Waals surface area contributed by atoms with Gasteiger partial charge >= 0.3 is 11.8 Å². The summed E-state index contributed by atoms with van der Waals surface area (Å²) in [4.78, 5) is 23.6. The number of hydrogen-bond donors (Lipinski definition) is 2. The lowest BCUT2D eigenvalue weighted by atomic mass is 10.0. The van der Waals surface area contributed by atoms with E-state index in [0.29, 0.717) is 31.0 Å². The fourth-order valence-corrected chi connectivity index (χ4v) is 4.95. The fourth-order valence-electron chi connectivity index (χ4n) is 3.10. The average Bonchev–Trinajstić information content (AvgIpc) is 2.68. The van der Waals surface area contributed by atoms with Crippen LogP contribution in [0.15, 0.2) is 29.2 Å². The summed E-state index contributed by atoms with van der Waals surface area (Å²) in [6, 6.07) is 5.86. The molecule has 8 nitrogen and oxygen atoms in total. The van der Waals surface area contributed by atoms with Gasteiger partial charge in [-0.3, -0.25) is 9.59 Å². The Balaban J connectivity index is 1.93. The van der Waals surface area contributed by atoms with Crippen LogP contribution in [0.4, 0.5) is 0 Å². The van der Waals surface area contributed by atoms with E-state index in [1.807, 2.05) is 0 Å². The Bertz CT molecular complexity index is 770. The van der Waals surface area contributed by atoms with Gasteiger partial charge < -0.3 is 15.4 Å². The van der Waals surface area contributed by atoms with E-state index in [4.69, 9.17) is 16.3 Å². The number of piperidine rings is 1. The van der Waals surface area contributed by atoms with Crippen LogP contribution in [0, 0.1) is 0 Å². The Morgan fingerprint density at radius 2 is 1.79 bits per heavy atom. The number of amides is 2. The quantitative estimate of drug-likeness (QED) is 0.474. The molecule has 0 saturated carbocycles. The second kappa shape index (κ2) is 10.8. The first-order valence-electron chi connectivity index (χ1n) is 9.18. The number of hydrogen-bond acceptors (Lipinski definition) is 5. The molecule has 1 aliphatic heterocycles. The topological polar surface area (TPSA) is 105 Å². The standard InChI is InChI=1S/C18H26ClN3O5S/c1-27-13-11-21-18(24)17(23)20-10-9-15-4-2-3-12-22(15)28(25,26)16-7-5-14(19)6-8-16/h5-8,15H,2-4,9-13H2,1H3,(H,20,23)(H,21,24). The molecule has 1 aromatic rings. The summed E-state index contributed by atoms with van der Waals surface area (Å²) in [7, 11) is -2.14. The van der Waals surface area contributed by atoms with Gasteiger partial charge in [0, 0.05) is 37.8 Å². The van der Waals surface area contributed by atoms with Crippen LogP contribution in [0.5, 0.6) is 0 Å². The van der Waals surface area contributed by atoms with Crippen molar-refractivity contribution in [3.63, 3.8) is 0 Å². The molecule has 1 aliphatic rings. The summed E-state index contributed by atoms with van der Waals surface area (Å²) in [5, 5.41) is 5.46. The number of halogens is 1. The van der Waals surface area contributed by atoms with E-state index in [9.17, 15) is 18.0 Å². The van der Waals surface area contributed by atoms with Gasteiger partial charge in [-0.25, -0.2) is 8.42 Å². The van der Waals surface area contributed by atoms with Crippen molar-refractivity contribution in [3.05, 3.63) is 29.3 Å². The van der Waals surface area contributed by atoms with E-state index < -0.39 is 21.8 Å². The molecular weight excluding hydrogens is 406 g/mol. The predicted molar refractivity (Wildman–Crippen MR) is 105 cm³/mol. The number of sulfonamides is 1. The lowest BCUT2D eigenvalue weighted by molar-refractivity contribution is -0.139. The molecule has 2 amide bonds. The fraction of sp³-hybridized carbons (Fsp3) is 0.556. The van der Waals surface area contributed by atoms with Crippen molar-refractivity contribution in [2.45, 2.75) is 36.6 Å². The van der Waals surface area contributed by atoms with Gasteiger partial charge in [0.2, 0.25) is 10.0 Å². The maximum absolute atomic E-state index is 13.0. The van der Waals surface area contributed by atoms with Gasteiger partial charge in [0.1, 0.15) is 0 Å². The van der Waals surface area contributed by atoms with E-state index in [0.717, 1.165) is 12.8 Å². The molecule has 1 saturated heterocycles. The molecule has 2 rings (SSSR count). The largest absolute Gasteiger partial charge is 0.383 e. The van der Waals surface area contributed by atoms with Gasteiger partial charge in [-0.1, -0.05) is 18.0 Å². The summed E-state index contributed by atoms with van der Waals surface area (Å²) in [5.41, 5.74) is 0. The molecule has 156 valence electrons. The average molecular weight is 432 g/mol. The van der Waals surface area contributed by atoms with Crippen molar-refractivity contribution in [1.29, 1.82) is 0 Å². The van der Waals surface area contributed by atoms with E-state index in [-0.39, 0.29) is 24.0 Å². The zero-order valence-electron chi connectivity index (χ0n) is 15.8. The van der Waals surface area contributed by atoms with Crippen LogP contribution in [0.1, 0.15) is 25.7 Å². The Labute approximate surface area is 170 Å². The molecule has 0 aromatic heterocycles. The third-order valence-electron chi connectivity index (χ3n) is 4.55. The van der Waals surface area contributed by atoms with Gasteiger partial charge in [-0.15, -0.1) is 0 Å². The van der Waals surface area contributed by atoms with Crippen LogP contribution in [0.2, 0.25) is 5.02 Å². The van der Waals surface area contributed by atoms with Crippen molar-refractivity contribution in [2.24, 2.45) is 0 Å². The minimum Gasteiger partial charge on any atom is -0.383 e. The molecule has 1 fully saturated rings. The van der Waals surface area contributed by atoms with Crippen molar-refractivity contribution < 1.29 is 22.7 Å². The second-order valence-electron chi connectivity index (χ2n) is 6.51. The Hall–Kier alpha value is -1.68. The first kappa shape index (κ1) is 22.6. The molecule has 0 bridgehead atoms. The highest BCUT2D eigenvalue weighted by molar-refractivity contribution is 7.89. The zero-order chi connectivity index (χ0) is 20.6. The molecule has 10 heteroatoms. The van der Waals surface area contributed by atoms with Crippen molar-refractivity contribution in [3.8, 4) is 0 Å². The monoisotopic (exact) mass is 431 g/mol. The highest BCUT2D eigenvalue weighted by atomic mass is 35.5. The number of nitrogens with one attached hydrogen (secondary N) is 2. The SMILES string of the molecule is COCCNC(=O)C(=O)NCCC1CCCCN1S(=O)(=O)c1ccc(Cl)cc1. The maximum atomic E-state index is 13.0. The Kier molecular flexibility index (Phi) is 8.68. The zero-order valence-corrected chi connectivity index (χ0v) is 17.4. The van der Waals surface area contributed by atoms with Crippen LogP contribution in [0.25, 0.3) is 0 Å². The van der Waals surface area contributed by atoms with Crippen LogP contribution in [-0.2, 0) is 24.3 Å². The molecule has 2 N–H and O–H groups in total. The van der Waals surface area contributed by atoms with E-state index in [1.54, 1.807) is 12.1 Å². The van der Waals surface area contributed by atoms with Gasteiger partial charge in [-0.2, -0.15) is 4.31 Å². The Morgan fingerprint density at radius 3 is 2.43 bits per heavy atom. The number of rotatable bonds is 8. The molecule has 0 radical (unpaired) electrons. The summed E-state index contributed by atoms with van der Waals surface area (Å²) in [6.07, 6.45) is 2.85. The number of ether oxygens (including phenoxy) is 1. The summed E-state index contributed by atoms with van der Waals surface area (Å²) in [6.45, 7) is 1.21. The summed E-state index contributed by atoms with van der Waals surface area (Å²) < 4.78 is 32.3. The van der Waals surface area contributed by atoms with E-state index in [1.165, 1.54) is 23.5 Å². The van der Waals surface area contributed by atoms with E-state index in [2.05, 4.69) is 10.6 Å². The normalized spacial score (nSPS) is 17.9. The lowest BCUT2D eigenvalue weighted by Gasteiger charge is -2.34. The number of nitrogens with zero attached hydrogens (tertiary/aromatic N) is 1. The first-order valence-corrected chi connectivity index (χ1v) is 11.0. The lowest BCUT2D eigenvalue weighted by Crippen LogP contribution is -2.46. The van der Waals surface area contributed by atoms with Crippen LogP contribution in [-0.4, -0.2) is 63.9 Å². The molecule has 1 heterocycles. The maximum Gasteiger partial charge on any atom is 0.309 e. The molecule has 0 spiro atoms. The minimum atomic E-state index is -3.64. The second-order valence-corrected chi connectivity index (χ2v) is 8.84. The minimum absolute atomic E-state index is 0.199. The third kappa shape index (κ3) is 6.16. The van der Waals surface area contributed by atoms with E-state index >= 15 is 0 Å². The number of methoxy groups -OCH3 is 1. The van der Waals surface area contributed by atoms with Crippen molar-refractivity contribution in [2.75, 3.05) is 33.4 Å². The van der Waals surface area contributed by atoms with Crippen molar-refractivity contribution >= 4 is 33.4 Å². The molecular formula is C18H26ClN3O5S. The molecule has 1 aromatic carbocycles. The predicted octanol–water partition coefficient (Wildman–Crippen LogP) is 1.15. The molecule has 0 aliphatic carbocycles. The molecule has 1 unspecified atom stereocenters. The number of benzene rings is 1. The highest BCUT2D eigenvalue weighted by Crippen LogP contribution is 2.27. The summed E-state index contributed by atoms with van der Waals surface area (Å²) >= 11 is 5.85. The van der Waals surface area contributed by atoms with Gasteiger partial charge in [-0.05, 0) is 43.5 Å². The van der Waals surface area contributed by atoms with Crippen LogP contribution in [0.3, 0.4) is 0 Å². The molecule has 28 heavy (non-hydrogen) atoms. The third-order valence-corrected chi connectivity index (χ3v) is 6.77.